The van der Waals surface area contributed by atoms with Crippen LogP contribution in [-0.4, -0.2) is 13.4 Å². The minimum absolute atomic E-state index is 0.221. The van der Waals surface area contributed by atoms with Crippen LogP contribution in [0.3, 0.4) is 0 Å². The monoisotopic (exact) mass is 412 g/mol. The second-order valence-electron chi connectivity index (χ2n) is 5.70. The predicted octanol–water partition coefficient (Wildman–Crippen LogP) is 4.93. The number of rotatable bonds is 5. The third kappa shape index (κ3) is 3.96. The summed E-state index contributed by atoms with van der Waals surface area (Å²) < 4.78 is 28.0. The summed E-state index contributed by atoms with van der Waals surface area (Å²) in [6, 6.07) is 7.27. The lowest BCUT2D eigenvalue weighted by molar-refractivity contribution is 0.581. The zero-order valence-electron chi connectivity index (χ0n) is 14.0. The van der Waals surface area contributed by atoms with Crippen molar-refractivity contribution in [3.8, 4) is 9.88 Å². The Morgan fingerprint density at radius 2 is 1.96 bits per heavy atom. The van der Waals surface area contributed by atoms with Crippen LogP contribution in [-0.2, 0) is 16.6 Å². The SMILES string of the molecule is Cc1cc(S(=O)(=O)NCc2sc(-c3cccs3)nc2C)c(C)cc1Cl. The number of hydrogen-bond donors (Lipinski definition) is 1. The lowest BCUT2D eigenvalue weighted by Gasteiger charge is -2.11. The molecule has 4 nitrogen and oxygen atoms in total. The van der Waals surface area contributed by atoms with Crippen molar-refractivity contribution in [2.75, 3.05) is 0 Å². The smallest absolute Gasteiger partial charge is 0.240 e. The van der Waals surface area contributed by atoms with E-state index in [0.29, 0.717) is 10.6 Å². The molecule has 0 unspecified atom stereocenters. The number of nitrogens with zero attached hydrogens (tertiary/aromatic N) is 1. The third-order valence-corrected chi connectivity index (χ3v) is 7.94. The largest absolute Gasteiger partial charge is 0.241 e. The van der Waals surface area contributed by atoms with Crippen molar-refractivity contribution in [3.05, 3.63) is 56.4 Å². The van der Waals surface area contributed by atoms with Crippen LogP contribution < -0.4 is 4.72 Å². The molecule has 0 radical (unpaired) electrons. The molecule has 0 aliphatic rings. The molecule has 2 heterocycles. The van der Waals surface area contributed by atoms with Gasteiger partial charge in [-0.25, -0.2) is 18.1 Å². The molecule has 0 aliphatic carbocycles. The van der Waals surface area contributed by atoms with E-state index in [1.54, 1.807) is 37.3 Å². The van der Waals surface area contributed by atoms with E-state index < -0.39 is 10.0 Å². The van der Waals surface area contributed by atoms with Crippen LogP contribution in [0.5, 0.6) is 0 Å². The Labute approximate surface area is 160 Å². The Morgan fingerprint density at radius 1 is 1.20 bits per heavy atom. The molecule has 1 aromatic carbocycles. The van der Waals surface area contributed by atoms with E-state index >= 15 is 0 Å². The third-order valence-electron chi connectivity index (χ3n) is 3.79. The summed E-state index contributed by atoms with van der Waals surface area (Å²) >= 11 is 9.19. The normalized spacial score (nSPS) is 11.8. The average molecular weight is 413 g/mol. The number of aromatic nitrogens is 1. The first-order valence-electron chi connectivity index (χ1n) is 7.54. The van der Waals surface area contributed by atoms with Gasteiger partial charge in [0.05, 0.1) is 15.5 Å². The van der Waals surface area contributed by atoms with Crippen molar-refractivity contribution in [3.63, 3.8) is 0 Å². The van der Waals surface area contributed by atoms with E-state index in [9.17, 15) is 8.42 Å². The fourth-order valence-electron chi connectivity index (χ4n) is 2.38. The van der Waals surface area contributed by atoms with Crippen LogP contribution in [0.15, 0.2) is 34.5 Å². The summed E-state index contributed by atoms with van der Waals surface area (Å²) in [6.45, 7) is 5.65. The van der Waals surface area contributed by atoms with Gasteiger partial charge in [-0.05, 0) is 55.5 Å². The lowest BCUT2D eigenvalue weighted by atomic mass is 10.2. The Hall–Kier alpha value is -1.25. The molecule has 25 heavy (non-hydrogen) atoms. The lowest BCUT2D eigenvalue weighted by Crippen LogP contribution is -2.24. The first-order chi connectivity index (χ1) is 11.8. The van der Waals surface area contributed by atoms with Crippen LogP contribution in [0.25, 0.3) is 9.88 Å². The zero-order chi connectivity index (χ0) is 18.2. The molecule has 3 rings (SSSR count). The van der Waals surface area contributed by atoms with E-state index in [1.165, 1.54) is 11.3 Å². The molecule has 3 aromatic rings. The van der Waals surface area contributed by atoms with Gasteiger partial charge in [0, 0.05) is 16.4 Å². The maximum Gasteiger partial charge on any atom is 0.241 e. The van der Waals surface area contributed by atoms with Gasteiger partial charge in [0.25, 0.3) is 0 Å². The number of nitrogens with one attached hydrogen (secondary N) is 1. The van der Waals surface area contributed by atoms with Crippen LogP contribution in [0.2, 0.25) is 5.02 Å². The van der Waals surface area contributed by atoms with E-state index in [4.69, 9.17) is 11.6 Å². The van der Waals surface area contributed by atoms with Crippen molar-refractivity contribution >= 4 is 44.3 Å². The summed E-state index contributed by atoms with van der Waals surface area (Å²) in [7, 11) is -3.62. The number of thiophene rings is 1. The number of thiazole rings is 1. The van der Waals surface area contributed by atoms with Crippen LogP contribution in [0.4, 0.5) is 0 Å². The summed E-state index contributed by atoms with van der Waals surface area (Å²) in [5.74, 6) is 0. The first kappa shape index (κ1) is 18.5. The molecular weight excluding hydrogens is 396 g/mol. The average Bonchev–Trinajstić information content (AvgIpc) is 3.18. The van der Waals surface area contributed by atoms with Crippen molar-refractivity contribution < 1.29 is 8.42 Å². The van der Waals surface area contributed by atoms with Crippen LogP contribution >= 0.6 is 34.3 Å². The molecule has 2 aromatic heterocycles. The van der Waals surface area contributed by atoms with E-state index in [1.807, 2.05) is 24.4 Å². The second kappa shape index (κ2) is 7.17. The quantitative estimate of drug-likeness (QED) is 0.646. The van der Waals surface area contributed by atoms with Crippen molar-refractivity contribution in [2.45, 2.75) is 32.2 Å². The summed E-state index contributed by atoms with van der Waals surface area (Å²) in [6.07, 6.45) is 0. The highest BCUT2D eigenvalue weighted by molar-refractivity contribution is 7.89. The number of aryl methyl sites for hydroxylation is 3. The minimum atomic E-state index is -3.62. The highest BCUT2D eigenvalue weighted by Gasteiger charge is 2.19. The van der Waals surface area contributed by atoms with Crippen LogP contribution in [0.1, 0.15) is 21.7 Å². The highest BCUT2D eigenvalue weighted by atomic mass is 35.5. The van der Waals surface area contributed by atoms with Gasteiger partial charge in [-0.2, -0.15) is 0 Å². The Bertz CT molecular complexity index is 1010. The maximum atomic E-state index is 12.7. The molecule has 0 amide bonds. The molecule has 132 valence electrons. The summed E-state index contributed by atoms with van der Waals surface area (Å²) in [5.41, 5.74) is 2.21. The highest BCUT2D eigenvalue weighted by Crippen LogP contribution is 2.31. The number of hydrogen-bond acceptors (Lipinski definition) is 5. The summed E-state index contributed by atoms with van der Waals surface area (Å²) in [5, 5.41) is 3.48. The minimum Gasteiger partial charge on any atom is -0.240 e. The zero-order valence-corrected chi connectivity index (χ0v) is 17.2. The van der Waals surface area contributed by atoms with Gasteiger partial charge in [-0.3, -0.25) is 0 Å². The molecule has 0 saturated carbocycles. The standard InChI is InChI=1S/C17H17ClN2O2S3/c1-10-8-16(11(2)7-13(10)18)25(21,22)19-9-15-12(3)20-17(24-15)14-5-4-6-23-14/h4-8,19H,9H2,1-3H3. The van der Waals surface area contributed by atoms with E-state index in [2.05, 4.69) is 9.71 Å². The van der Waals surface area contributed by atoms with Gasteiger partial charge in [-0.1, -0.05) is 17.7 Å². The molecule has 8 heteroatoms. The Kier molecular flexibility index (Phi) is 5.31. The second-order valence-corrected chi connectivity index (χ2v) is 9.87. The Morgan fingerprint density at radius 3 is 2.64 bits per heavy atom. The van der Waals surface area contributed by atoms with Crippen LogP contribution in [0, 0.1) is 20.8 Å². The van der Waals surface area contributed by atoms with Crippen molar-refractivity contribution in [2.24, 2.45) is 0 Å². The molecule has 1 N–H and O–H groups in total. The van der Waals surface area contributed by atoms with Gasteiger partial charge in [0.1, 0.15) is 5.01 Å². The molecule has 0 bridgehead atoms. The predicted molar refractivity (Wildman–Crippen MR) is 105 cm³/mol. The fourth-order valence-corrected chi connectivity index (χ4v) is 5.79. The first-order valence-corrected chi connectivity index (χ1v) is 11.1. The van der Waals surface area contributed by atoms with Crippen molar-refractivity contribution in [1.82, 2.24) is 9.71 Å². The molecule has 0 aliphatic heterocycles. The summed E-state index contributed by atoms with van der Waals surface area (Å²) in [4.78, 5) is 6.81. The van der Waals surface area contributed by atoms with Crippen molar-refractivity contribution in [1.29, 1.82) is 0 Å². The molecule has 0 fully saturated rings. The van der Waals surface area contributed by atoms with Gasteiger partial charge < -0.3 is 0 Å². The molecular formula is C17H17ClN2O2S3. The van der Waals surface area contributed by atoms with E-state index in [-0.39, 0.29) is 11.4 Å². The van der Waals surface area contributed by atoms with Gasteiger partial charge in [-0.15, -0.1) is 22.7 Å². The molecule has 0 spiro atoms. The number of benzene rings is 1. The molecule has 0 saturated heterocycles. The van der Waals surface area contributed by atoms with Gasteiger partial charge in [0.2, 0.25) is 10.0 Å². The number of sulfonamides is 1. The molecule has 0 atom stereocenters. The fraction of sp³-hybridized carbons (Fsp3) is 0.235. The Balaban J connectivity index is 1.83. The maximum absolute atomic E-state index is 12.7. The van der Waals surface area contributed by atoms with Gasteiger partial charge >= 0.3 is 0 Å². The van der Waals surface area contributed by atoms with E-state index in [0.717, 1.165) is 26.0 Å². The van der Waals surface area contributed by atoms with Gasteiger partial charge in [0.15, 0.2) is 0 Å². The number of halogens is 1. The topological polar surface area (TPSA) is 59.1 Å².